The predicted molar refractivity (Wildman–Crippen MR) is 97.0 cm³/mol. The summed E-state index contributed by atoms with van der Waals surface area (Å²) >= 11 is 0. The molecule has 0 N–H and O–H groups in total. The number of carbonyl (C=O) groups is 1. The van der Waals surface area contributed by atoms with E-state index in [4.69, 9.17) is 0 Å². The summed E-state index contributed by atoms with van der Waals surface area (Å²) in [4.78, 5) is 11.1. The fourth-order valence-electron chi connectivity index (χ4n) is 1.51. The molecule has 0 amide bonds. The Balaban J connectivity index is 0.000000422. The molecule has 0 aliphatic carbocycles. The second kappa shape index (κ2) is 9.45. The topological polar surface area (TPSA) is 74.3 Å². The summed E-state index contributed by atoms with van der Waals surface area (Å²) in [5.41, 5.74) is 0.928. The van der Waals surface area contributed by atoms with Crippen LogP contribution in [0.15, 0.2) is 29.2 Å². The van der Waals surface area contributed by atoms with Gasteiger partial charge in [0.25, 0.3) is 0 Å². The maximum Gasteiger partial charge on any atom is 0.181 e. The molecule has 0 aromatic heterocycles. The summed E-state index contributed by atoms with van der Waals surface area (Å²) in [6.07, 6.45) is 3.93. The first kappa shape index (κ1) is 22.1. The first-order valence-corrected chi connectivity index (χ1v) is 10.8. The Morgan fingerprint density at radius 1 is 1.17 bits per heavy atom. The molecule has 0 bridgehead atoms. The van der Waals surface area contributed by atoms with Gasteiger partial charge in [-0.25, -0.2) is 8.42 Å². The molecule has 1 aromatic carbocycles. The van der Waals surface area contributed by atoms with Gasteiger partial charge in [-0.15, -0.1) is 0 Å². The minimum Gasteiger partial charge on any atom is -0.744 e. The van der Waals surface area contributed by atoms with E-state index in [1.807, 2.05) is 6.92 Å². The van der Waals surface area contributed by atoms with E-state index in [9.17, 15) is 17.8 Å². The van der Waals surface area contributed by atoms with Crippen LogP contribution in [0.25, 0.3) is 0 Å². The molecule has 0 spiro atoms. The van der Waals surface area contributed by atoms with Crippen LogP contribution in [0.4, 0.5) is 0 Å². The van der Waals surface area contributed by atoms with E-state index in [0.29, 0.717) is 10.5 Å². The van der Waals surface area contributed by atoms with Crippen LogP contribution in [-0.4, -0.2) is 35.5 Å². The van der Waals surface area contributed by atoms with Crippen LogP contribution in [0.1, 0.15) is 46.1 Å². The van der Waals surface area contributed by atoms with Crippen molar-refractivity contribution >= 4 is 26.8 Å². The number of carbonyl (C=O) groups excluding carboxylic acids is 1. The monoisotopic (exact) mass is 360 g/mol. The molecule has 4 nitrogen and oxygen atoms in total. The first-order chi connectivity index (χ1) is 10.4. The van der Waals surface area contributed by atoms with Gasteiger partial charge in [-0.1, -0.05) is 24.6 Å². The summed E-state index contributed by atoms with van der Waals surface area (Å²) in [7, 11) is -4.04. The molecule has 23 heavy (non-hydrogen) atoms. The average Bonchev–Trinajstić information content (AvgIpc) is 2.38. The lowest BCUT2D eigenvalue weighted by Gasteiger charge is -2.17. The second-order valence-corrected chi connectivity index (χ2v) is 10.6. The van der Waals surface area contributed by atoms with E-state index in [0.717, 1.165) is 24.2 Å². The van der Waals surface area contributed by atoms with Crippen LogP contribution in [0.5, 0.6) is 0 Å². The standard InChI is InChI=1S/C10H21OS.C7H8O3S/c1-6-7-9(11)8-12(5)10(2,3)4;1-6-2-4-7(5-3-6)11(8,9)10/h6-8H2,1-5H3;2-5H,1H3,(H,8,9,10)/q+1;/p-1. The van der Waals surface area contributed by atoms with E-state index >= 15 is 0 Å². The number of hydrogen-bond acceptors (Lipinski definition) is 4. The summed E-state index contributed by atoms with van der Waals surface area (Å²) in [5, 5.41) is 0. The number of aryl methyl sites for hydroxylation is 1. The average molecular weight is 361 g/mol. The molecule has 0 saturated carbocycles. The smallest absolute Gasteiger partial charge is 0.181 e. The van der Waals surface area contributed by atoms with Crippen LogP contribution in [-0.2, 0) is 25.8 Å². The summed E-state index contributed by atoms with van der Waals surface area (Å²) in [6.45, 7) is 10.5. The van der Waals surface area contributed by atoms with Gasteiger partial charge >= 0.3 is 0 Å². The number of hydrogen-bond donors (Lipinski definition) is 0. The summed E-state index contributed by atoms with van der Waals surface area (Å²) < 4.78 is 31.5. The van der Waals surface area contributed by atoms with Crippen LogP contribution in [0.2, 0.25) is 0 Å². The van der Waals surface area contributed by atoms with E-state index in [1.165, 1.54) is 12.1 Å². The highest BCUT2D eigenvalue weighted by molar-refractivity contribution is 7.98. The zero-order valence-corrected chi connectivity index (χ0v) is 16.5. The van der Waals surface area contributed by atoms with Crippen LogP contribution in [0.3, 0.4) is 0 Å². The fraction of sp³-hybridized carbons (Fsp3) is 0.588. The van der Waals surface area contributed by atoms with Crippen LogP contribution in [0, 0.1) is 6.92 Å². The molecular formula is C17H28O4S2. The van der Waals surface area contributed by atoms with Gasteiger partial charge in [0, 0.05) is 6.42 Å². The number of ketones is 1. The fourth-order valence-corrected chi connectivity index (χ4v) is 3.04. The van der Waals surface area contributed by atoms with Crippen molar-refractivity contribution < 1.29 is 17.8 Å². The van der Waals surface area contributed by atoms with Crippen molar-refractivity contribution in [2.24, 2.45) is 0 Å². The maximum atomic E-state index is 11.3. The maximum absolute atomic E-state index is 11.3. The van der Waals surface area contributed by atoms with Gasteiger partial charge in [0.1, 0.15) is 14.9 Å². The SMILES string of the molecule is CCCC(=O)C[S+](C)C(C)(C)C.Cc1ccc(S(=O)(=O)[O-])cc1. The Bertz CT molecular complexity index is 584. The van der Waals surface area contributed by atoms with Crippen LogP contribution >= 0.6 is 0 Å². The third-order valence-corrected chi connectivity index (χ3v) is 6.96. The van der Waals surface area contributed by atoms with E-state index < -0.39 is 10.1 Å². The highest BCUT2D eigenvalue weighted by Gasteiger charge is 2.30. The summed E-state index contributed by atoms with van der Waals surface area (Å²) in [6, 6.07) is 5.78. The molecule has 1 rings (SSSR count). The van der Waals surface area contributed by atoms with Gasteiger partial charge in [-0.3, -0.25) is 4.79 Å². The van der Waals surface area contributed by atoms with Gasteiger partial charge in [0.05, 0.1) is 11.2 Å². The normalized spacial score (nSPS) is 13.0. The Labute approximate surface area is 143 Å². The third-order valence-electron chi connectivity index (χ3n) is 3.26. The highest BCUT2D eigenvalue weighted by Crippen LogP contribution is 2.16. The number of Topliss-reactive ketones (excluding diaryl/α,β-unsaturated/α-hetero) is 1. The van der Waals surface area contributed by atoms with Crippen LogP contribution < -0.4 is 0 Å². The van der Waals surface area contributed by atoms with Crippen molar-refractivity contribution in [3.63, 3.8) is 0 Å². The summed E-state index contributed by atoms with van der Waals surface area (Å²) in [5.74, 6) is 1.20. The molecule has 0 radical (unpaired) electrons. The molecule has 0 saturated heterocycles. The first-order valence-electron chi connectivity index (χ1n) is 7.54. The van der Waals surface area contributed by atoms with Crippen molar-refractivity contribution in [1.29, 1.82) is 0 Å². The largest absolute Gasteiger partial charge is 0.744 e. The molecule has 132 valence electrons. The van der Waals surface area contributed by atoms with Crippen molar-refractivity contribution in [3.05, 3.63) is 29.8 Å². The van der Waals surface area contributed by atoms with Gasteiger partial charge in [-0.2, -0.15) is 0 Å². The van der Waals surface area contributed by atoms with Crippen molar-refractivity contribution in [3.8, 4) is 0 Å². The Hall–Kier alpha value is -0.850. The van der Waals surface area contributed by atoms with Crippen molar-refractivity contribution in [2.45, 2.75) is 57.1 Å². The van der Waals surface area contributed by atoms with E-state index in [1.54, 1.807) is 12.1 Å². The Morgan fingerprint density at radius 2 is 1.65 bits per heavy atom. The molecule has 1 aromatic rings. The van der Waals surface area contributed by atoms with Crippen molar-refractivity contribution in [1.82, 2.24) is 0 Å². The quantitative estimate of drug-likeness (QED) is 0.596. The van der Waals surface area contributed by atoms with Gasteiger partial charge in [0.2, 0.25) is 0 Å². The van der Waals surface area contributed by atoms with Gasteiger partial charge in [0.15, 0.2) is 11.5 Å². The predicted octanol–water partition coefficient (Wildman–Crippen LogP) is 3.30. The Kier molecular flexibility index (Phi) is 9.10. The van der Waals surface area contributed by atoms with Crippen molar-refractivity contribution in [2.75, 3.05) is 12.0 Å². The molecule has 1 atom stereocenters. The third kappa shape index (κ3) is 9.79. The molecule has 6 heteroatoms. The number of rotatable bonds is 5. The lowest BCUT2D eigenvalue weighted by Crippen LogP contribution is -2.32. The second-order valence-electron chi connectivity index (χ2n) is 6.45. The molecule has 0 heterocycles. The minimum atomic E-state index is -4.27. The molecule has 0 aliphatic rings. The zero-order valence-electron chi connectivity index (χ0n) is 14.9. The minimum absolute atomic E-state index is 0.178. The molecule has 0 fully saturated rings. The molecular weight excluding hydrogens is 332 g/mol. The Morgan fingerprint density at radius 3 is 2.00 bits per heavy atom. The van der Waals surface area contributed by atoms with Gasteiger partial charge in [-0.05, 0) is 57.1 Å². The van der Waals surface area contributed by atoms with E-state index in [2.05, 4.69) is 34.0 Å². The van der Waals surface area contributed by atoms with E-state index in [-0.39, 0.29) is 15.8 Å². The molecule has 1 unspecified atom stereocenters. The lowest BCUT2D eigenvalue weighted by atomic mass is 10.2. The zero-order chi connectivity index (χ0) is 18.3. The van der Waals surface area contributed by atoms with Gasteiger partial charge < -0.3 is 4.55 Å². The molecule has 0 aliphatic heterocycles. The highest BCUT2D eigenvalue weighted by atomic mass is 32.2. The lowest BCUT2D eigenvalue weighted by molar-refractivity contribution is -0.116. The number of benzene rings is 1.